The molecule has 0 spiro atoms. The first-order valence-electron chi connectivity index (χ1n) is 9.25. The first kappa shape index (κ1) is 21.0. The SMILES string of the molecule is C=CCc1cc(/C=C/C(=O)c2ccc(O)cc2)c(OCCC)c(CC=C)c1O. The van der Waals surface area contributed by atoms with E-state index in [0.29, 0.717) is 47.5 Å². The number of ketones is 1. The van der Waals surface area contributed by atoms with Gasteiger partial charge in [-0.3, -0.25) is 4.79 Å². The molecule has 0 aliphatic heterocycles. The lowest BCUT2D eigenvalue weighted by atomic mass is 9.97. The average Bonchev–Trinajstić information content (AvgIpc) is 2.69. The van der Waals surface area contributed by atoms with Gasteiger partial charge < -0.3 is 14.9 Å². The molecule has 0 atom stereocenters. The summed E-state index contributed by atoms with van der Waals surface area (Å²) in [5.74, 6) is 0.650. The lowest BCUT2D eigenvalue weighted by Gasteiger charge is -2.17. The minimum atomic E-state index is -0.190. The summed E-state index contributed by atoms with van der Waals surface area (Å²) in [7, 11) is 0. The van der Waals surface area contributed by atoms with Crippen LogP contribution in [0.3, 0.4) is 0 Å². The molecule has 0 fully saturated rings. The maximum Gasteiger partial charge on any atom is 0.185 e. The summed E-state index contributed by atoms with van der Waals surface area (Å²) in [6.45, 7) is 10.0. The van der Waals surface area contributed by atoms with Crippen LogP contribution in [0.1, 0.15) is 40.4 Å². The summed E-state index contributed by atoms with van der Waals surface area (Å²) in [4.78, 5) is 12.5. The Morgan fingerprint density at radius 2 is 1.79 bits per heavy atom. The van der Waals surface area contributed by atoms with Gasteiger partial charge in [0, 0.05) is 16.7 Å². The molecule has 0 bridgehead atoms. The predicted octanol–water partition coefficient (Wildman–Crippen LogP) is 5.24. The third kappa shape index (κ3) is 5.13. The Labute approximate surface area is 166 Å². The number of hydrogen-bond acceptors (Lipinski definition) is 4. The van der Waals surface area contributed by atoms with Crippen molar-refractivity contribution in [3.63, 3.8) is 0 Å². The van der Waals surface area contributed by atoms with Crippen LogP contribution >= 0.6 is 0 Å². The molecular formula is C24H26O4. The van der Waals surface area contributed by atoms with Gasteiger partial charge in [-0.05, 0) is 67.3 Å². The summed E-state index contributed by atoms with van der Waals surface area (Å²) >= 11 is 0. The van der Waals surface area contributed by atoms with E-state index in [2.05, 4.69) is 13.2 Å². The van der Waals surface area contributed by atoms with E-state index in [-0.39, 0.29) is 17.3 Å². The van der Waals surface area contributed by atoms with Crippen LogP contribution in [0, 0.1) is 0 Å². The van der Waals surface area contributed by atoms with Gasteiger partial charge >= 0.3 is 0 Å². The normalized spacial score (nSPS) is 10.8. The molecule has 0 aromatic heterocycles. The van der Waals surface area contributed by atoms with E-state index in [1.54, 1.807) is 30.4 Å². The van der Waals surface area contributed by atoms with E-state index in [0.717, 1.165) is 6.42 Å². The fourth-order valence-electron chi connectivity index (χ4n) is 2.83. The second-order valence-electron chi connectivity index (χ2n) is 6.36. The van der Waals surface area contributed by atoms with Crippen LogP contribution in [0.15, 0.2) is 61.7 Å². The van der Waals surface area contributed by atoms with Gasteiger partial charge in [0.05, 0.1) is 6.61 Å². The van der Waals surface area contributed by atoms with Gasteiger partial charge in [-0.1, -0.05) is 19.1 Å². The van der Waals surface area contributed by atoms with E-state index in [1.807, 2.05) is 13.0 Å². The van der Waals surface area contributed by atoms with Gasteiger partial charge in [0.1, 0.15) is 17.2 Å². The minimum absolute atomic E-state index is 0.109. The molecule has 0 saturated carbocycles. The van der Waals surface area contributed by atoms with Crippen LogP contribution < -0.4 is 4.74 Å². The van der Waals surface area contributed by atoms with Crippen molar-refractivity contribution in [2.75, 3.05) is 6.61 Å². The maximum atomic E-state index is 12.5. The van der Waals surface area contributed by atoms with E-state index in [1.165, 1.54) is 18.2 Å². The molecule has 146 valence electrons. The van der Waals surface area contributed by atoms with Crippen molar-refractivity contribution < 1.29 is 19.7 Å². The van der Waals surface area contributed by atoms with E-state index >= 15 is 0 Å². The number of rotatable bonds is 10. The number of benzene rings is 2. The number of carbonyl (C=O) groups is 1. The Kier molecular flexibility index (Phi) is 7.64. The topological polar surface area (TPSA) is 66.8 Å². The van der Waals surface area contributed by atoms with Crippen molar-refractivity contribution in [2.45, 2.75) is 26.2 Å². The van der Waals surface area contributed by atoms with E-state index in [4.69, 9.17) is 4.74 Å². The first-order valence-corrected chi connectivity index (χ1v) is 9.25. The number of allylic oxidation sites excluding steroid dienone is 3. The van der Waals surface area contributed by atoms with Gasteiger partial charge in [0.15, 0.2) is 5.78 Å². The summed E-state index contributed by atoms with van der Waals surface area (Å²) < 4.78 is 5.91. The van der Waals surface area contributed by atoms with Crippen LogP contribution in [0.25, 0.3) is 6.08 Å². The largest absolute Gasteiger partial charge is 0.508 e. The van der Waals surface area contributed by atoms with Gasteiger partial charge in [-0.15, -0.1) is 13.2 Å². The molecule has 4 heteroatoms. The molecule has 0 unspecified atom stereocenters. The number of phenols is 2. The highest BCUT2D eigenvalue weighted by atomic mass is 16.5. The van der Waals surface area contributed by atoms with Crippen molar-refractivity contribution in [3.05, 3.63) is 84.0 Å². The number of aromatic hydroxyl groups is 2. The highest BCUT2D eigenvalue weighted by molar-refractivity contribution is 6.07. The molecule has 2 rings (SSSR count). The summed E-state index contributed by atoms with van der Waals surface area (Å²) in [5, 5.41) is 20.0. The van der Waals surface area contributed by atoms with Crippen molar-refractivity contribution >= 4 is 11.9 Å². The van der Waals surface area contributed by atoms with E-state index in [9.17, 15) is 15.0 Å². The zero-order chi connectivity index (χ0) is 20.5. The second-order valence-corrected chi connectivity index (χ2v) is 6.36. The third-order valence-corrected chi connectivity index (χ3v) is 4.19. The van der Waals surface area contributed by atoms with Crippen LogP contribution in [-0.2, 0) is 12.8 Å². The van der Waals surface area contributed by atoms with Crippen molar-refractivity contribution in [2.24, 2.45) is 0 Å². The predicted molar refractivity (Wildman–Crippen MR) is 113 cm³/mol. The highest BCUT2D eigenvalue weighted by Crippen LogP contribution is 2.37. The molecular weight excluding hydrogens is 352 g/mol. The number of ether oxygens (including phenoxy) is 1. The summed E-state index contributed by atoms with van der Waals surface area (Å²) in [6.07, 6.45) is 8.35. The van der Waals surface area contributed by atoms with Gasteiger partial charge in [0.25, 0.3) is 0 Å². The fraction of sp³-hybridized carbons (Fsp3) is 0.208. The summed E-state index contributed by atoms with van der Waals surface area (Å²) in [5.41, 5.74) is 2.56. The zero-order valence-corrected chi connectivity index (χ0v) is 16.1. The Hall–Kier alpha value is -3.27. The Morgan fingerprint density at radius 3 is 2.39 bits per heavy atom. The fourth-order valence-corrected chi connectivity index (χ4v) is 2.83. The summed E-state index contributed by atoms with van der Waals surface area (Å²) in [6, 6.07) is 7.90. The van der Waals surface area contributed by atoms with Crippen molar-refractivity contribution in [1.29, 1.82) is 0 Å². The van der Waals surface area contributed by atoms with Crippen LogP contribution in [-0.4, -0.2) is 22.6 Å². The Bertz CT molecular complexity index is 876. The molecule has 0 radical (unpaired) electrons. The van der Waals surface area contributed by atoms with Crippen LogP contribution in [0.4, 0.5) is 0 Å². The molecule has 0 aliphatic rings. The standard InChI is InChI=1S/C24H26O4/c1-4-7-18-16-19(11-14-22(26)17-9-12-20(25)13-10-17)24(28-15-6-3)21(8-5-2)23(18)27/h4-5,9-14,16,25,27H,1-2,6-8,15H2,3H3/b14-11+. The number of hydrogen-bond donors (Lipinski definition) is 2. The third-order valence-electron chi connectivity index (χ3n) is 4.19. The quantitative estimate of drug-likeness (QED) is 0.337. The minimum Gasteiger partial charge on any atom is -0.508 e. The molecule has 0 amide bonds. The Balaban J connectivity index is 2.49. The molecule has 0 heterocycles. The Morgan fingerprint density at radius 1 is 1.11 bits per heavy atom. The lowest BCUT2D eigenvalue weighted by molar-refractivity contribution is 0.104. The van der Waals surface area contributed by atoms with Crippen LogP contribution in [0.5, 0.6) is 17.2 Å². The first-order chi connectivity index (χ1) is 13.5. The molecule has 28 heavy (non-hydrogen) atoms. The van der Waals surface area contributed by atoms with E-state index < -0.39 is 0 Å². The second kappa shape index (κ2) is 10.2. The van der Waals surface area contributed by atoms with Gasteiger partial charge in [0.2, 0.25) is 0 Å². The zero-order valence-electron chi connectivity index (χ0n) is 16.1. The lowest BCUT2D eigenvalue weighted by Crippen LogP contribution is -2.03. The van der Waals surface area contributed by atoms with Gasteiger partial charge in [-0.25, -0.2) is 0 Å². The monoisotopic (exact) mass is 378 g/mol. The van der Waals surface area contributed by atoms with Crippen molar-refractivity contribution in [3.8, 4) is 17.2 Å². The molecule has 2 aromatic rings. The number of phenolic OH excluding ortho intramolecular Hbond substituents is 2. The molecule has 2 N–H and O–H groups in total. The smallest absolute Gasteiger partial charge is 0.185 e. The van der Waals surface area contributed by atoms with Gasteiger partial charge in [-0.2, -0.15) is 0 Å². The maximum absolute atomic E-state index is 12.5. The molecule has 4 nitrogen and oxygen atoms in total. The van der Waals surface area contributed by atoms with Crippen molar-refractivity contribution in [1.82, 2.24) is 0 Å². The average molecular weight is 378 g/mol. The molecule has 2 aromatic carbocycles. The molecule has 0 aliphatic carbocycles. The molecule has 0 saturated heterocycles. The number of carbonyl (C=O) groups excluding carboxylic acids is 1. The van der Waals surface area contributed by atoms with Crippen LogP contribution in [0.2, 0.25) is 0 Å². The highest BCUT2D eigenvalue weighted by Gasteiger charge is 2.17.